The molecular formula is C19H26N4O2. The van der Waals surface area contributed by atoms with Gasteiger partial charge in [-0.3, -0.25) is 9.69 Å². The van der Waals surface area contributed by atoms with E-state index in [9.17, 15) is 4.79 Å². The molecule has 1 amide bonds. The molecule has 1 fully saturated rings. The van der Waals surface area contributed by atoms with Crippen molar-refractivity contribution in [2.45, 2.75) is 46.2 Å². The van der Waals surface area contributed by atoms with Crippen LogP contribution in [-0.4, -0.2) is 40.1 Å². The van der Waals surface area contributed by atoms with Gasteiger partial charge in [-0.2, -0.15) is 4.98 Å². The van der Waals surface area contributed by atoms with Crippen LogP contribution in [0.25, 0.3) is 11.5 Å². The third kappa shape index (κ3) is 4.66. The molecule has 0 saturated carbocycles. The van der Waals surface area contributed by atoms with Crippen LogP contribution in [-0.2, 0) is 11.3 Å². The molecule has 3 rings (SSSR count). The number of carbonyl (C=O) groups excluding carboxylic acids is 1. The van der Waals surface area contributed by atoms with Crippen molar-refractivity contribution in [1.82, 2.24) is 20.4 Å². The van der Waals surface area contributed by atoms with Gasteiger partial charge in [-0.25, -0.2) is 0 Å². The molecule has 6 nitrogen and oxygen atoms in total. The Morgan fingerprint density at radius 1 is 1.36 bits per heavy atom. The molecule has 1 N–H and O–H groups in total. The van der Waals surface area contributed by atoms with E-state index in [0.29, 0.717) is 18.3 Å². The molecule has 25 heavy (non-hydrogen) atoms. The Morgan fingerprint density at radius 3 is 2.84 bits per heavy atom. The Bertz CT molecular complexity index is 708. The lowest BCUT2D eigenvalue weighted by Gasteiger charge is -2.31. The first-order chi connectivity index (χ1) is 12.0. The zero-order chi connectivity index (χ0) is 17.8. The number of nitrogens with one attached hydrogen (secondary N) is 1. The number of rotatable bonds is 5. The highest BCUT2D eigenvalue weighted by Gasteiger charge is 2.27. The summed E-state index contributed by atoms with van der Waals surface area (Å²) in [5.41, 5.74) is 2.12. The lowest BCUT2D eigenvalue weighted by atomic mass is 9.97. The summed E-state index contributed by atoms with van der Waals surface area (Å²) in [7, 11) is 0. The minimum atomic E-state index is 0.0413. The first-order valence-electron chi connectivity index (χ1n) is 8.93. The molecule has 2 heterocycles. The summed E-state index contributed by atoms with van der Waals surface area (Å²) in [6.45, 7) is 8.34. The maximum atomic E-state index is 12.2. The van der Waals surface area contributed by atoms with Crippen molar-refractivity contribution in [1.29, 1.82) is 0 Å². The van der Waals surface area contributed by atoms with Crippen molar-refractivity contribution >= 4 is 5.91 Å². The zero-order valence-electron chi connectivity index (χ0n) is 15.2. The number of nitrogens with zero attached hydrogens (tertiary/aromatic N) is 3. The molecular weight excluding hydrogens is 316 g/mol. The van der Waals surface area contributed by atoms with Crippen LogP contribution in [0.15, 0.2) is 28.8 Å². The molecule has 134 valence electrons. The molecule has 1 atom stereocenters. The summed E-state index contributed by atoms with van der Waals surface area (Å²) in [6, 6.07) is 8.21. The minimum absolute atomic E-state index is 0.0413. The van der Waals surface area contributed by atoms with Crippen LogP contribution in [0, 0.1) is 12.8 Å². The van der Waals surface area contributed by atoms with Gasteiger partial charge in [0.15, 0.2) is 5.82 Å². The molecule has 1 aliphatic rings. The lowest BCUT2D eigenvalue weighted by molar-refractivity contribution is -0.127. The Morgan fingerprint density at radius 2 is 2.12 bits per heavy atom. The maximum Gasteiger partial charge on any atom is 0.257 e. The van der Waals surface area contributed by atoms with Crippen molar-refractivity contribution in [2.75, 3.05) is 13.1 Å². The molecule has 1 aromatic heterocycles. The van der Waals surface area contributed by atoms with Gasteiger partial charge in [0.2, 0.25) is 5.91 Å². The van der Waals surface area contributed by atoms with Crippen LogP contribution in [0.5, 0.6) is 0 Å². The number of likely N-dealkylation sites (tertiary alicyclic amines) is 1. The predicted molar refractivity (Wildman–Crippen MR) is 95.8 cm³/mol. The van der Waals surface area contributed by atoms with Crippen LogP contribution in [0.4, 0.5) is 0 Å². The van der Waals surface area contributed by atoms with Crippen LogP contribution in [0.2, 0.25) is 0 Å². The highest BCUT2D eigenvalue weighted by molar-refractivity contribution is 5.79. The fraction of sp³-hybridized carbons (Fsp3) is 0.526. The number of aromatic nitrogens is 2. The minimum Gasteiger partial charge on any atom is -0.354 e. The van der Waals surface area contributed by atoms with E-state index in [0.717, 1.165) is 31.5 Å². The normalized spacial score (nSPS) is 18.5. The zero-order valence-corrected chi connectivity index (χ0v) is 15.2. The first kappa shape index (κ1) is 17.6. The number of carbonyl (C=O) groups is 1. The Labute approximate surface area is 148 Å². The number of hydrogen-bond acceptors (Lipinski definition) is 5. The van der Waals surface area contributed by atoms with Gasteiger partial charge in [0, 0.05) is 18.2 Å². The van der Waals surface area contributed by atoms with Crippen molar-refractivity contribution in [3.63, 3.8) is 0 Å². The van der Waals surface area contributed by atoms with Gasteiger partial charge in [-0.15, -0.1) is 0 Å². The van der Waals surface area contributed by atoms with E-state index in [1.54, 1.807) is 0 Å². The number of benzene rings is 1. The molecule has 2 aromatic rings. The van der Waals surface area contributed by atoms with Crippen LogP contribution in [0.1, 0.15) is 38.1 Å². The van der Waals surface area contributed by atoms with Crippen molar-refractivity contribution in [3.05, 3.63) is 35.7 Å². The van der Waals surface area contributed by atoms with E-state index >= 15 is 0 Å². The van der Waals surface area contributed by atoms with Crippen molar-refractivity contribution < 1.29 is 9.32 Å². The second-order valence-electron chi connectivity index (χ2n) is 7.12. The molecule has 0 bridgehead atoms. The van der Waals surface area contributed by atoms with Crippen LogP contribution >= 0.6 is 0 Å². The molecule has 1 aromatic carbocycles. The molecule has 0 spiro atoms. The van der Waals surface area contributed by atoms with E-state index in [-0.39, 0.29) is 17.9 Å². The Balaban J connectivity index is 1.60. The third-order valence-electron chi connectivity index (χ3n) is 4.44. The van der Waals surface area contributed by atoms with Gasteiger partial charge in [0.05, 0.1) is 12.5 Å². The summed E-state index contributed by atoms with van der Waals surface area (Å²) in [6.07, 6.45) is 1.95. The van der Waals surface area contributed by atoms with E-state index < -0.39 is 0 Å². The quantitative estimate of drug-likeness (QED) is 0.905. The van der Waals surface area contributed by atoms with E-state index in [1.165, 1.54) is 5.56 Å². The third-order valence-corrected chi connectivity index (χ3v) is 4.44. The molecule has 1 saturated heterocycles. The highest BCUT2D eigenvalue weighted by Crippen LogP contribution is 2.21. The van der Waals surface area contributed by atoms with E-state index in [2.05, 4.69) is 20.4 Å². The van der Waals surface area contributed by atoms with E-state index in [4.69, 9.17) is 4.52 Å². The Kier molecular flexibility index (Phi) is 5.48. The largest absolute Gasteiger partial charge is 0.354 e. The van der Waals surface area contributed by atoms with Gasteiger partial charge in [-0.05, 0) is 52.3 Å². The van der Waals surface area contributed by atoms with Gasteiger partial charge in [-0.1, -0.05) is 22.9 Å². The fourth-order valence-electron chi connectivity index (χ4n) is 3.15. The number of hydrogen-bond donors (Lipinski definition) is 1. The number of piperidine rings is 1. The molecule has 1 aliphatic heterocycles. The smallest absolute Gasteiger partial charge is 0.257 e. The number of amides is 1. The van der Waals surface area contributed by atoms with Crippen molar-refractivity contribution in [2.24, 2.45) is 5.92 Å². The fourth-order valence-corrected chi connectivity index (χ4v) is 3.15. The monoisotopic (exact) mass is 342 g/mol. The molecule has 0 unspecified atom stereocenters. The van der Waals surface area contributed by atoms with Crippen molar-refractivity contribution in [3.8, 4) is 11.5 Å². The molecule has 0 radical (unpaired) electrons. The van der Waals surface area contributed by atoms with Gasteiger partial charge in [0.25, 0.3) is 5.89 Å². The maximum absolute atomic E-state index is 12.2. The van der Waals surface area contributed by atoms with Gasteiger partial charge in [0.1, 0.15) is 0 Å². The van der Waals surface area contributed by atoms with Crippen LogP contribution in [0.3, 0.4) is 0 Å². The lowest BCUT2D eigenvalue weighted by Crippen LogP contribution is -2.44. The summed E-state index contributed by atoms with van der Waals surface area (Å²) >= 11 is 0. The first-order valence-corrected chi connectivity index (χ1v) is 8.93. The second-order valence-corrected chi connectivity index (χ2v) is 7.12. The average Bonchev–Trinajstić information content (AvgIpc) is 3.03. The number of aryl methyl sites for hydroxylation is 1. The molecule has 6 heteroatoms. The summed E-state index contributed by atoms with van der Waals surface area (Å²) < 4.78 is 5.39. The summed E-state index contributed by atoms with van der Waals surface area (Å²) in [5.74, 6) is 1.40. The predicted octanol–water partition coefficient (Wildman–Crippen LogP) is 2.78. The summed E-state index contributed by atoms with van der Waals surface area (Å²) in [4.78, 5) is 19.0. The van der Waals surface area contributed by atoms with Gasteiger partial charge < -0.3 is 9.84 Å². The van der Waals surface area contributed by atoms with E-state index in [1.807, 2.05) is 45.0 Å². The van der Waals surface area contributed by atoms with Gasteiger partial charge >= 0.3 is 0 Å². The molecule has 0 aliphatic carbocycles. The van der Waals surface area contributed by atoms with Crippen LogP contribution < -0.4 is 5.32 Å². The Hall–Kier alpha value is -2.21. The second kappa shape index (κ2) is 7.78. The topological polar surface area (TPSA) is 71.3 Å². The SMILES string of the molecule is Cc1ccc(-c2nc(CN3CCC[C@@H](C(=O)NC(C)C)C3)no2)cc1. The summed E-state index contributed by atoms with van der Waals surface area (Å²) in [5, 5.41) is 7.11. The highest BCUT2D eigenvalue weighted by atomic mass is 16.5. The standard InChI is InChI=1S/C19H26N4O2/c1-13(2)20-18(24)16-5-4-10-23(11-16)12-17-21-19(25-22-17)15-8-6-14(3)7-9-15/h6-9,13,16H,4-5,10-12H2,1-3H3,(H,20,24)/t16-/m1/s1. The average molecular weight is 342 g/mol.